The first-order valence-electron chi connectivity index (χ1n) is 9.83. The van der Waals surface area contributed by atoms with Crippen LogP contribution in [0.15, 0.2) is 35.0 Å². The molecule has 0 aliphatic carbocycles. The van der Waals surface area contributed by atoms with Crippen molar-refractivity contribution in [3.8, 4) is 22.8 Å². The van der Waals surface area contributed by atoms with Gasteiger partial charge in [0.05, 0.1) is 24.1 Å². The molecule has 0 radical (unpaired) electrons. The third-order valence-corrected chi connectivity index (χ3v) is 5.08. The van der Waals surface area contributed by atoms with Gasteiger partial charge in [0.15, 0.2) is 0 Å². The van der Waals surface area contributed by atoms with Crippen molar-refractivity contribution in [1.29, 1.82) is 0 Å². The highest BCUT2D eigenvalue weighted by molar-refractivity contribution is 5.61. The Kier molecular flexibility index (Phi) is 5.54. The summed E-state index contributed by atoms with van der Waals surface area (Å²) in [4.78, 5) is 4.63. The normalized spacial score (nSPS) is 15.4. The molecule has 148 valence electrons. The maximum atomic E-state index is 9.20. The van der Waals surface area contributed by atoms with Crippen LogP contribution in [0.5, 0.6) is 0 Å². The van der Waals surface area contributed by atoms with E-state index < -0.39 is 0 Å². The van der Waals surface area contributed by atoms with E-state index >= 15 is 0 Å². The van der Waals surface area contributed by atoms with Crippen molar-refractivity contribution in [3.05, 3.63) is 41.7 Å². The fraction of sp³-hybridized carbons (Fsp3) is 0.476. The predicted octanol–water partition coefficient (Wildman–Crippen LogP) is 3.64. The second kappa shape index (κ2) is 8.24. The summed E-state index contributed by atoms with van der Waals surface area (Å²) in [5.41, 5.74) is 3.79. The van der Waals surface area contributed by atoms with E-state index in [1.165, 1.54) is 5.69 Å². The lowest BCUT2D eigenvalue weighted by Gasteiger charge is -2.24. The molecule has 3 heterocycles. The molecule has 1 aliphatic heterocycles. The quantitative estimate of drug-likeness (QED) is 0.700. The first-order valence-corrected chi connectivity index (χ1v) is 9.83. The van der Waals surface area contributed by atoms with Crippen molar-refractivity contribution in [2.24, 2.45) is 5.92 Å². The van der Waals surface area contributed by atoms with Crippen molar-refractivity contribution in [2.75, 3.05) is 13.2 Å². The van der Waals surface area contributed by atoms with E-state index in [9.17, 15) is 5.11 Å². The zero-order valence-corrected chi connectivity index (χ0v) is 16.3. The zero-order chi connectivity index (χ0) is 19.5. The Morgan fingerprint density at radius 1 is 1.18 bits per heavy atom. The summed E-state index contributed by atoms with van der Waals surface area (Å²) < 4.78 is 13.3. The second-order valence-electron chi connectivity index (χ2n) is 7.68. The Morgan fingerprint density at radius 3 is 2.61 bits per heavy atom. The average Bonchev–Trinajstić information content (AvgIpc) is 3.35. The molecule has 28 heavy (non-hydrogen) atoms. The van der Waals surface area contributed by atoms with Crippen LogP contribution in [0.4, 0.5) is 0 Å². The number of nitrogens with zero attached hydrogens (tertiary/aromatic N) is 4. The van der Waals surface area contributed by atoms with Crippen molar-refractivity contribution < 1.29 is 14.4 Å². The summed E-state index contributed by atoms with van der Waals surface area (Å²) in [6, 6.07) is 7.50. The Balaban J connectivity index is 1.68. The molecule has 0 unspecified atom stereocenters. The molecule has 1 aromatic carbocycles. The van der Waals surface area contributed by atoms with E-state index in [-0.39, 0.29) is 6.61 Å². The molecule has 3 aromatic rings. The third kappa shape index (κ3) is 3.86. The first kappa shape index (κ1) is 18.8. The van der Waals surface area contributed by atoms with Crippen LogP contribution in [0.2, 0.25) is 0 Å². The molecular weight excluding hydrogens is 356 g/mol. The van der Waals surface area contributed by atoms with E-state index in [0.717, 1.165) is 49.3 Å². The van der Waals surface area contributed by atoms with E-state index in [4.69, 9.17) is 9.26 Å². The molecule has 1 aliphatic rings. The highest BCUT2D eigenvalue weighted by Crippen LogP contribution is 2.35. The fourth-order valence-electron chi connectivity index (χ4n) is 3.66. The lowest BCUT2D eigenvalue weighted by atomic mass is 9.93. The third-order valence-electron chi connectivity index (χ3n) is 5.08. The van der Waals surface area contributed by atoms with Gasteiger partial charge in [-0.3, -0.25) is 4.68 Å². The van der Waals surface area contributed by atoms with Gasteiger partial charge in [-0.2, -0.15) is 10.1 Å². The van der Waals surface area contributed by atoms with Gasteiger partial charge in [-0.05, 0) is 24.3 Å². The number of hydrogen-bond acceptors (Lipinski definition) is 6. The maximum absolute atomic E-state index is 9.20. The maximum Gasteiger partial charge on any atom is 0.261 e. The molecule has 1 N–H and O–H groups in total. The summed E-state index contributed by atoms with van der Waals surface area (Å²) in [6.45, 7) is 6.79. The number of ether oxygens (including phenoxy) is 1. The van der Waals surface area contributed by atoms with Gasteiger partial charge in [0.2, 0.25) is 5.82 Å². The minimum absolute atomic E-state index is 0.0152. The lowest BCUT2D eigenvalue weighted by Crippen LogP contribution is -2.19. The van der Waals surface area contributed by atoms with E-state index in [0.29, 0.717) is 23.6 Å². The second-order valence-corrected chi connectivity index (χ2v) is 7.68. The molecule has 1 saturated heterocycles. The van der Waals surface area contributed by atoms with Gasteiger partial charge in [-0.1, -0.05) is 43.3 Å². The number of rotatable bonds is 6. The topological polar surface area (TPSA) is 86.2 Å². The zero-order valence-electron chi connectivity index (χ0n) is 16.3. The van der Waals surface area contributed by atoms with E-state index in [1.807, 2.05) is 30.5 Å². The molecule has 7 nitrogen and oxygen atoms in total. The summed E-state index contributed by atoms with van der Waals surface area (Å²) in [7, 11) is 0. The van der Waals surface area contributed by atoms with Crippen molar-refractivity contribution in [1.82, 2.24) is 19.9 Å². The molecule has 2 aromatic heterocycles. The van der Waals surface area contributed by atoms with Crippen LogP contribution in [-0.2, 0) is 17.9 Å². The average molecular weight is 382 g/mol. The van der Waals surface area contributed by atoms with Crippen LogP contribution >= 0.6 is 0 Å². The van der Waals surface area contributed by atoms with Gasteiger partial charge in [-0.15, -0.1) is 0 Å². The number of benzene rings is 1. The Labute approximate surface area is 164 Å². The highest BCUT2D eigenvalue weighted by atomic mass is 16.5. The standard InChI is InChI=1S/C21H26N4O3/c1-14(2)12-25-19(16-7-9-27-10-8-16)18(11-22-25)21-23-20(24-28-21)17-5-3-15(13-26)4-6-17/h3-6,11,14,16,26H,7-10,12-13H2,1-2H3. The van der Waals surface area contributed by atoms with Crippen molar-refractivity contribution in [2.45, 2.75) is 45.8 Å². The van der Waals surface area contributed by atoms with Gasteiger partial charge in [0, 0.05) is 31.2 Å². The summed E-state index contributed by atoms with van der Waals surface area (Å²) in [5, 5.41) is 18.0. The van der Waals surface area contributed by atoms with Gasteiger partial charge >= 0.3 is 0 Å². The van der Waals surface area contributed by atoms with E-state index in [2.05, 4.69) is 33.8 Å². The number of aromatic nitrogens is 4. The Bertz CT molecular complexity index is 908. The van der Waals surface area contributed by atoms with Crippen LogP contribution in [0.1, 0.15) is 43.9 Å². The molecular formula is C21H26N4O3. The first-order chi connectivity index (χ1) is 13.7. The minimum atomic E-state index is 0.0152. The van der Waals surface area contributed by atoms with Gasteiger partial charge < -0.3 is 14.4 Å². The molecule has 0 atom stereocenters. The number of hydrogen-bond donors (Lipinski definition) is 1. The van der Waals surface area contributed by atoms with Crippen LogP contribution in [0, 0.1) is 5.92 Å². The van der Waals surface area contributed by atoms with E-state index in [1.54, 1.807) is 0 Å². The van der Waals surface area contributed by atoms with Crippen molar-refractivity contribution >= 4 is 0 Å². The van der Waals surface area contributed by atoms with Gasteiger partial charge in [0.1, 0.15) is 0 Å². The molecule has 0 bridgehead atoms. The molecule has 0 saturated carbocycles. The summed E-state index contributed by atoms with van der Waals surface area (Å²) >= 11 is 0. The van der Waals surface area contributed by atoms with Gasteiger partial charge in [-0.25, -0.2) is 0 Å². The summed E-state index contributed by atoms with van der Waals surface area (Å²) in [5.74, 6) is 1.91. The Hall–Kier alpha value is -2.51. The van der Waals surface area contributed by atoms with Crippen LogP contribution in [0.3, 0.4) is 0 Å². The lowest BCUT2D eigenvalue weighted by molar-refractivity contribution is 0.0834. The molecule has 0 amide bonds. The van der Waals surface area contributed by atoms with Crippen molar-refractivity contribution in [3.63, 3.8) is 0 Å². The van der Waals surface area contributed by atoms with Crippen LogP contribution < -0.4 is 0 Å². The predicted molar refractivity (Wildman–Crippen MR) is 105 cm³/mol. The number of aliphatic hydroxyl groups is 1. The summed E-state index contributed by atoms with van der Waals surface area (Å²) in [6.07, 6.45) is 3.79. The molecule has 0 spiro atoms. The highest BCUT2D eigenvalue weighted by Gasteiger charge is 2.27. The largest absolute Gasteiger partial charge is 0.392 e. The van der Waals surface area contributed by atoms with Gasteiger partial charge in [0.25, 0.3) is 5.89 Å². The molecule has 7 heteroatoms. The molecule has 4 rings (SSSR count). The smallest absolute Gasteiger partial charge is 0.261 e. The molecule has 1 fully saturated rings. The van der Waals surface area contributed by atoms with Crippen LogP contribution in [0.25, 0.3) is 22.8 Å². The SMILES string of the molecule is CC(C)Cn1ncc(-c2nc(-c3ccc(CO)cc3)no2)c1C1CCOCC1. The minimum Gasteiger partial charge on any atom is -0.392 e. The number of aliphatic hydroxyl groups excluding tert-OH is 1. The fourth-order valence-corrected chi connectivity index (χ4v) is 3.66. The Morgan fingerprint density at radius 2 is 1.93 bits per heavy atom. The monoisotopic (exact) mass is 382 g/mol. The van der Waals surface area contributed by atoms with Crippen LogP contribution in [-0.4, -0.2) is 38.2 Å².